The van der Waals surface area contributed by atoms with Crippen LogP contribution in [0.15, 0.2) is 39.5 Å². The zero-order valence-electron chi connectivity index (χ0n) is 10.4. The summed E-state index contributed by atoms with van der Waals surface area (Å²) in [7, 11) is 1.92. The third-order valence-corrected chi connectivity index (χ3v) is 4.10. The van der Waals surface area contributed by atoms with Crippen molar-refractivity contribution in [1.82, 2.24) is 9.55 Å². The van der Waals surface area contributed by atoms with E-state index in [0.29, 0.717) is 6.42 Å². The lowest BCUT2D eigenvalue weighted by Crippen LogP contribution is -2.00. The van der Waals surface area contributed by atoms with Crippen LogP contribution in [0.4, 0.5) is 0 Å². The van der Waals surface area contributed by atoms with Crippen molar-refractivity contribution in [2.45, 2.75) is 6.42 Å². The van der Waals surface area contributed by atoms with Crippen molar-refractivity contribution in [2.75, 3.05) is 6.61 Å². The molecule has 3 rings (SSSR count). The molecule has 0 spiro atoms. The fourth-order valence-electron chi connectivity index (χ4n) is 2.18. The van der Waals surface area contributed by atoms with Crippen LogP contribution in [0.2, 0.25) is 0 Å². The van der Waals surface area contributed by atoms with Crippen molar-refractivity contribution in [2.24, 2.45) is 7.05 Å². The van der Waals surface area contributed by atoms with E-state index in [1.54, 1.807) is 6.26 Å². The number of aliphatic hydroxyl groups is 1. The van der Waals surface area contributed by atoms with Gasteiger partial charge in [0.25, 0.3) is 0 Å². The van der Waals surface area contributed by atoms with Crippen LogP contribution in [0.1, 0.15) is 5.82 Å². The summed E-state index contributed by atoms with van der Waals surface area (Å²) in [5.74, 6) is 0.842. The minimum absolute atomic E-state index is 0.0862. The summed E-state index contributed by atoms with van der Waals surface area (Å²) in [6.07, 6.45) is 2.26. The maximum Gasteiger partial charge on any atom is 0.134 e. The largest absolute Gasteiger partial charge is 0.464 e. The van der Waals surface area contributed by atoms with E-state index >= 15 is 0 Å². The first-order chi connectivity index (χ1) is 9.22. The normalized spacial score (nSPS) is 11.3. The maximum atomic E-state index is 9.06. The van der Waals surface area contributed by atoms with Crippen molar-refractivity contribution in [3.05, 3.63) is 41.0 Å². The highest BCUT2D eigenvalue weighted by Gasteiger charge is 2.17. The number of halogens is 1. The number of aliphatic hydroxyl groups excluding tert-OH is 1. The van der Waals surface area contributed by atoms with Crippen LogP contribution in [-0.4, -0.2) is 21.3 Å². The number of fused-ring (bicyclic) bond motifs is 1. The van der Waals surface area contributed by atoms with Crippen molar-refractivity contribution in [3.63, 3.8) is 0 Å². The number of rotatable bonds is 3. The van der Waals surface area contributed by atoms with E-state index in [2.05, 4.69) is 20.9 Å². The summed E-state index contributed by atoms with van der Waals surface area (Å²) in [6.45, 7) is 0.0862. The van der Waals surface area contributed by atoms with Crippen LogP contribution in [-0.2, 0) is 13.5 Å². The number of para-hydroxylation sites is 1. The molecule has 1 N–H and O–H groups in total. The Bertz CT molecular complexity index is 730. The van der Waals surface area contributed by atoms with Gasteiger partial charge in [-0.1, -0.05) is 18.2 Å². The first-order valence-corrected chi connectivity index (χ1v) is 6.80. The maximum absolute atomic E-state index is 9.06. The van der Waals surface area contributed by atoms with Gasteiger partial charge in [-0.05, 0) is 22.0 Å². The molecule has 0 saturated carbocycles. The van der Waals surface area contributed by atoms with Gasteiger partial charge >= 0.3 is 0 Å². The van der Waals surface area contributed by atoms with Crippen LogP contribution >= 0.6 is 15.9 Å². The molecule has 0 radical (unpaired) electrons. The predicted octanol–water partition coefficient (Wildman–Crippen LogP) is 3.13. The molecule has 2 heterocycles. The molecule has 0 aliphatic carbocycles. The zero-order chi connectivity index (χ0) is 13.4. The smallest absolute Gasteiger partial charge is 0.134 e. The fourth-order valence-corrected chi connectivity index (χ4v) is 2.69. The fraction of sp³-hybridized carbons (Fsp3) is 0.214. The molecule has 4 nitrogen and oxygen atoms in total. The van der Waals surface area contributed by atoms with Crippen molar-refractivity contribution in [3.8, 4) is 11.3 Å². The van der Waals surface area contributed by atoms with Crippen LogP contribution in [0.25, 0.3) is 22.2 Å². The lowest BCUT2D eigenvalue weighted by Gasteiger charge is -1.98. The van der Waals surface area contributed by atoms with Gasteiger partial charge in [-0.3, -0.25) is 0 Å². The average Bonchev–Trinajstić information content (AvgIpc) is 2.96. The Kier molecular flexibility index (Phi) is 3.16. The molecule has 0 aliphatic heterocycles. The molecule has 2 aromatic heterocycles. The summed E-state index contributed by atoms with van der Waals surface area (Å²) >= 11 is 3.56. The lowest BCUT2D eigenvalue weighted by atomic mass is 10.1. The van der Waals surface area contributed by atoms with Crippen LogP contribution < -0.4 is 0 Å². The Labute approximate surface area is 118 Å². The van der Waals surface area contributed by atoms with Crippen molar-refractivity contribution in [1.29, 1.82) is 0 Å². The van der Waals surface area contributed by atoms with Gasteiger partial charge in [0.1, 0.15) is 28.0 Å². The molecule has 0 fully saturated rings. The summed E-state index contributed by atoms with van der Waals surface area (Å²) < 4.78 is 8.38. The molecular weight excluding hydrogens is 308 g/mol. The quantitative estimate of drug-likeness (QED) is 0.806. The van der Waals surface area contributed by atoms with E-state index in [0.717, 1.165) is 32.7 Å². The molecule has 0 aliphatic rings. The second-order valence-electron chi connectivity index (χ2n) is 4.35. The highest BCUT2D eigenvalue weighted by Crippen LogP contribution is 2.34. The number of nitrogens with zero attached hydrogens (tertiary/aromatic N) is 2. The molecule has 1 aromatic carbocycles. The standard InChI is InChI=1S/C14H13BrN2O2/c1-17-12(6-7-18)16-13(14(17)15)10-8-19-11-5-3-2-4-9(10)11/h2-5,8,18H,6-7H2,1H3. The average molecular weight is 321 g/mol. The Balaban J connectivity index is 2.19. The monoisotopic (exact) mass is 320 g/mol. The van der Waals surface area contributed by atoms with E-state index in [1.807, 2.05) is 35.9 Å². The third kappa shape index (κ3) is 1.99. The topological polar surface area (TPSA) is 51.2 Å². The molecule has 0 unspecified atom stereocenters. The molecule has 3 aromatic rings. The summed E-state index contributed by atoms with van der Waals surface area (Å²) in [6, 6.07) is 7.87. The van der Waals surface area contributed by atoms with Crippen LogP contribution in [0, 0.1) is 0 Å². The number of aromatic nitrogens is 2. The van der Waals surface area contributed by atoms with Gasteiger partial charge in [0.05, 0.1) is 6.61 Å². The number of imidazole rings is 1. The second-order valence-corrected chi connectivity index (χ2v) is 5.10. The first-order valence-electron chi connectivity index (χ1n) is 6.01. The summed E-state index contributed by atoms with van der Waals surface area (Å²) in [4.78, 5) is 4.59. The molecule has 0 bridgehead atoms. The molecule has 98 valence electrons. The number of benzene rings is 1. The molecule has 0 saturated heterocycles. The number of furan rings is 1. The minimum atomic E-state index is 0.0862. The van der Waals surface area contributed by atoms with Crippen LogP contribution in [0.5, 0.6) is 0 Å². The first kappa shape index (κ1) is 12.4. The van der Waals surface area contributed by atoms with Crippen molar-refractivity contribution >= 4 is 26.9 Å². The van der Waals surface area contributed by atoms with E-state index in [4.69, 9.17) is 9.52 Å². The lowest BCUT2D eigenvalue weighted by molar-refractivity contribution is 0.295. The van der Waals surface area contributed by atoms with Gasteiger partial charge in [0, 0.05) is 24.4 Å². The Morgan fingerprint density at radius 1 is 1.37 bits per heavy atom. The van der Waals surface area contributed by atoms with Gasteiger partial charge < -0.3 is 14.1 Å². The van der Waals surface area contributed by atoms with Gasteiger partial charge in [-0.25, -0.2) is 4.98 Å². The minimum Gasteiger partial charge on any atom is -0.464 e. The molecule has 0 amide bonds. The Morgan fingerprint density at radius 2 is 2.16 bits per heavy atom. The molecule has 0 atom stereocenters. The zero-order valence-corrected chi connectivity index (χ0v) is 12.0. The predicted molar refractivity (Wildman–Crippen MR) is 76.9 cm³/mol. The van der Waals surface area contributed by atoms with Crippen LogP contribution in [0.3, 0.4) is 0 Å². The number of hydrogen-bond donors (Lipinski definition) is 1. The Hall–Kier alpha value is -1.59. The highest BCUT2D eigenvalue weighted by molar-refractivity contribution is 9.10. The molecule has 19 heavy (non-hydrogen) atoms. The van der Waals surface area contributed by atoms with E-state index in [9.17, 15) is 0 Å². The van der Waals surface area contributed by atoms with Gasteiger partial charge in [-0.2, -0.15) is 0 Å². The summed E-state index contributed by atoms with van der Waals surface area (Å²) in [5.41, 5.74) is 2.65. The van der Waals surface area contributed by atoms with E-state index in [1.165, 1.54) is 0 Å². The number of hydrogen-bond acceptors (Lipinski definition) is 3. The second kappa shape index (κ2) is 4.83. The van der Waals surface area contributed by atoms with Gasteiger partial charge in [-0.15, -0.1) is 0 Å². The highest BCUT2D eigenvalue weighted by atomic mass is 79.9. The third-order valence-electron chi connectivity index (χ3n) is 3.19. The van der Waals surface area contributed by atoms with E-state index in [-0.39, 0.29) is 6.61 Å². The van der Waals surface area contributed by atoms with E-state index < -0.39 is 0 Å². The van der Waals surface area contributed by atoms with Gasteiger partial charge in [0.15, 0.2) is 0 Å². The van der Waals surface area contributed by atoms with Crippen molar-refractivity contribution < 1.29 is 9.52 Å². The summed E-state index contributed by atoms with van der Waals surface area (Å²) in [5, 5.41) is 10.1. The SMILES string of the molecule is Cn1c(CCO)nc(-c2coc3ccccc23)c1Br. The van der Waals surface area contributed by atoms with Gasteiger partial charge in [0.2, 0.25) is 0 Å². The Morgan fingerprint density at radius 3 is 2.95 bits per heavy atom. The molecular formula is C14H13BrN2O2. The molecule has 5 heteroatoms.